The van der Waals surface area contributed by atoms with Crippen LogP contribution >= 0.6 is 0 Å². The normalized spacial score (nSPS) is 13.3. The number of methoxy groups -OCH3 is 1. The number of para-hydroxylation sites is 1. The first-order valence-electron chi connectivity index (χ1n) is 10.4. The number of aryl methyl sites for hydroxylation is 1. The number of nitrogens with one attached hydrogen (secondary N) is 1. The smallest absolute Gasteiger partial charge is 0.258 e. The highest BCUT2D eigenvalue weighted by Gasteiger charge is 2.29. The van der Waals surface area contributed by atoms with Crippen LogP contribution in [0.5, 0.6) is 5.75 Å². The third-order valence-corrected chi connectivity index (χ3v) is 5.56. The van der Waals surface area contributed by atoms with Gasteiger partial charge in [-0.05, 0) is 43.5 Å². The van der Waals surface area contributed by atoms with E-state index in [1.165, 1.54) is 10.6 Å². The van der Waals surface area contributed by atoms with Crippen molar-refractivity contribution in [3.8, 4) is 17.2 Å². The standard InChI is InChI=1S/C24H22N4O4/c1-14-7-10-20(31-2)18(11-14)25-21(29)13-28-19-6-4-3-5-16(19)17(12-22(28)30)24-26-23(27-32-24)15-8-9-15/h3-7,10-12,15H,8-9,13H2,1-2H3,(H,25,29). The molecule has 0 atom stereocenters. The minimum absolute atomic E-state index is 0.145. The third-order valence-electron chi connectivity index (χ3n) is 5.56. The average molecular weight is 430 g/mol. The van der Waals surface area contributed by atoms with Crippen molar-refractivity contribution in [3.05, 3.63) is 70.3 Å². The Morgan fingerprint density at radius 2 is 2.03 bits per heavy atom. The monoisotopic (exact) mass is 430 g/mol. The SMILES string of the molecule is COc1ccc(C)cc1NC(=O)Cn1c(=O)cc(-c2nc(C3CC3)no2)c2ccccc21. The lowest BCUT2D eigenvalue weighted by Crippen LogP contribution is -2.28. The Hall–Kier alpha value is -3.94. The van der Waals surface area contributed by atoms with Gasteiger partial charge in [-0.15, -0.1) is 0 Å². The predicted molar refractivity (Wildman–Crippen MR) is 120 cm³/mol. The van der Waals surface area contributed by atoms with Crippen molar-refractivity contribution in [1.29, 1.82) is 0 Å². The van der Waals surface area contributed by atoms with E-state index in [-0.39, 0.29) is 18.0 Å². The quantitative estimate of drug-likeness (QED) is 0.498. The first-order valence-corrected chi connectivity index (χ1v) is 10.4. The molecule has 0 bridgehead atoms. The van der Waals surface area contributed by atoms with Crippen molar-refractivity contribution in [1.82, 2.24) is 14.7 Å². The Bertz CT molecular complexity index is 1380. The lowest BCUT2D eigenvalue weighted by atomic mass is 10.1. The number of fused-ring (bicyclic) bond motifs is 1. The number of pyridine rings is 1. The molecule has 2 heterocycles. The molecule has 0 saturated heterocycles. The molecule has 0 radical (unpaired) electrons. The number of benzene rings is 2. The van der Waals surface area contributed by atoms with E-state index >= 15 is 0 Å². The summed E-state index contributed by atoms with van der Waals surface area (Å²) in [6, 6.07) is 14.4. The van der Waals surface area contributed by atoms with Crippen LogP contribution in [0.3, 0.4) is 0 Å². The van der Waals surface area contributed by atoms with Crippen LogP contribution in [0.1, 0.15) is 30.1 Å². The van der Waals surface area contributed by atoms with Gasteiger partial charge in [0.05, 0.1) is 23.9 Å². The zero-order valence-electron chi connectivity index (χ0n) is 17.8. The van der Waals surface area contributed by atoms with Crippen LogP contribution in [0.15, 0.2) is 57.8 Å². The molecule has 0 aliphatic heterocycles. The molecule has 1 aliphatic carbocycles. The van der Waals surface area contributed by atoms with Crippen molar-refractivity contribution in [2.75, 3.05) is 12.4 Å². The van der Waals surface area contributed by atoms with E-state index < -0.39 is 0 Å². The topological polar surface area (TPSA) is 99.2 Å². The van der Waals surface area contributed by atoms with Gasteiger partial charge in [-0.3, -0.25) is 14.2 Å². The van der Waals surface area contributed by atoms with E-state index in [1.807, 2.05) is 37.3 Å². The molecule has 2 aromatic heterocycles. The maximum Gasteiger partial charge on any atom is 0.258 e. The van der Waals surface area contributed by atoms with Crippen LogP contribution in [-0.2, 0) is 11.3 Å². The highest BCUT2D eigenvalue weighted by molar-refractivity contribution is 5.96. The number of amides is 1. The molecular formula is C24H22N4O4. The zero-order chi connectivity index (χ0) is 22.2. The Morgan fingerprint density at radius 1 is 1.22 bits per heavy atom. The van der Waals surface area contributed by atoms with Gasteiger partial charge in [-0.2, -0.15) is 4.98 Å². The van der Waals surface area contributed by atoms with Crippen LogP contribution in [-0.4, -0.2) is 27.7 Å². The predicted octanol–water partition coefficient (Wildman–Crippen LogP) is 3.88. The van der Waals surface area contributed by atoms with Crippen molar-refractivity contribution in [2.45, 2.75) is 32.2 Å². The van der Waals surface area contributed by atoms with E-state index in [2.05, 4.69) is 15.5 Å². The number of hydrogen-bond donors (Lipinski definition) is 1. The van der Waals surface area contributed by atoms with Gasteiger partial charge < -0.3 is 14.6 Å². The van der Waals surface area contributed by atoms with Crippen LogP contribution in [0.25, 0.3) is 22.4 Å². The molecule has 1 saturated carbocycles. The molecule has 1 N–H and O–H groups in total. The Kier molecular flexibility index (Phi) is 4.97. The Balaban J connectivity index is 1.50. The Labute approximate surface area is 183 Å². The highest BCUT2D eigenvalue weighted by atomic mass is 16.5. The molecule has 1 aliphatic rings. The second-order valence-corrected chi connectivity index (χ2v) is 7.98. The van der Waals surface area contributed by atoms with Crippen molar-refractivity contribution >= 4 is 22.5 Å². The molecule has 8 nitrogen and oxygen atoms in total. The number of aromatic nitrogens is 3. The molecule has 2 aromatic carbocycles. The van der Waals surface area contributed by atoms with E-state index in [4.69, 9.17) is 9.26 Å². The molecule has 1 fully saturated rings. The average Bonchev–Trinajstić information content (AvgIpc) is 3.52. The molecule has 5 rings (SSSR count). The van der Waals surface area contributed by atoms with Crippen molar-refractivity contribution < 1.29 is 14.1 Å². The zero-order valence-corrected chi connectivity index (χ0v) is 17.8. The second-order valence-electron chi connectivity index (χ2n) is 7.98. The number of carbonyl (C=O) groups is 1. The number of ether oxygens (including phenoxy) is 1. The first-order chi connectivity index (χ1) is 15.5. The molecule has 0 spiro atoms. The molecule has 162 valence electrons. The summed E-state index contributed by atoms with van der Waals surface area (Å²) in [4.78, 5) is 30.3. The van der Waals surface area contributed by atoms with Gasteiger partial charge in [-0.1, -0.05) is 29.4 Å². The van der Waals surface area contributed by atoms with Crippen molar-refractivity contribution in [3.63, 3.8) is 0 Å². The summed E-state index contributed by atoms with van der Waals surface area (Å²) >= 11 is 0. The van der Waals surface area contributed by atoms with Gasteiger partial charge in [0.1, 0.15) is 12.3 Å². The molecular weight excluding hydrogens is 408 g/mol. The minimum atomic E-state index is -0.331. The van der Waals surface area contributed by atoms with Crippen LogP contribution in [0.4, 0.5) is 5.69 Å². The first kappa shape index (κ1) is 20.0. The van der Waals surface area contributed by atoms with E-state index in [1.54, 1.807) is 19.2 Å². The summed E-state index contributed by atoms with van der Waals surface area (Å²) in [5.41, 5.74) is 2.41. The van der Waals surface area contributed by atoms with E-state index in [0.29, 0.717) is 40.2 Å². The fourth-order valence-corrected chi connectivity index (χ4v) is 3.78. The molecule has 1 amide bonds. The van der Waals surface area contributed by atoms with Gasteiger partial charge >= 0.3 is 0 Å². The fourth-order valence-electron chi connectivity index (χ4n) is 3.78. The summed E-state index contributed by atoms with van der Waals surface area (Å²) in [7, 11) is 1.54. The number of anilines is 1. The summed E-state index contributed by atoms with van der Waals surface area (Å²) in [5.74, 6) is 1.57. The molecule has 4 aromatic rings. The highest BCUT2D eigenvalue weighted by Crippen LogP contribution is 2.39. The maximum atomic E-state index is 13.0. The van der Waals surface area contributed by atoms with Gasteiger partial charge in [0.2, 0.25) is 5.91 Å². The van der Waals surface area contributed by atoms with Crippen LogP contribution < -0.4 is 15.6 Å². The lowest BCUT2D eigenvalue weighted by Gasteiger charge is -2.14. The number of rotatable bonds is 6. The third kappa shape index (κ3) is 3.75. The molecule has 0 unspecified atom stereocenters. The molecule has 8 heteroatoms. The fraction of sp³-hybridized carbons (Fsp3) is 0.250. The number of hydrogen-bond acceptors (Lipinski definition) is 6. The summed E-state index contributed by atoms with van der Waals surface area (Å²) in [6.45, 7) is 1.78. The number of nitrogens with zero attached hydrogens (tertiary/aromatic N) is 3. The van der Waals surface area contributed by atoms with Gasteiger partial charge in [-0.25, -0.2) is 0 Å². The van der Waals surface area contributed by atoms with Crippen molar-refractivity contribution in [2.24, 2.45) is 0 Å². The summed E-state index contributed by atoms with van der Waals surface area (Å²) in [6.07, 6.45) is 2.12. The molecule has 32 heavy (non-hydrogen) atoms. The summed E-state index contributed by atoms with van der Waals surface area (Å²) < 4.78 is 12.2. The van der Waals surface area contributed by atoms with E-state index in [9.17, 15) is 9.59 Å². The largest absolute Gasteiger partial charge is 0.495 e. The van der Waals surface area contributed by atoms with E-state index in [0.717, 1.165) is 23.8 Å². The van der Waals surface area contributed by atoms with Crippen LogP contribution in [0.2, 0.25) is 0 Å². The van der Waals surface area contributed by atoms with Gasteiger partial charge in [0.15, 0.2) is 5.82 Å². The second kappa shape index (κ2) is 7.96. The summed E-state index contributed by atoms with van der Waals surface area (Å²) in [5, 5.41) is 7.67. The lowest BCUT2D eigenvalue weighted by molar-refractivity contribution is -0.116. The maximum absolute atomic E-state index is 13.0. The minimum Gasteiger partial charge on any atom is -0.495 e. The van der Waals surface area contributed by atoms with Gasteiger partial charge in [0, 0.05) is 17.4 Å². The Morgan fingerprint density at radius 3 is 2.81 bits per heavy atom. The van der Waals surface area contributed by atoms with Gasteiger partial charge in [0.25, 0.3) is 11.4 Å². The van der Waals surface area contributed by atoms with Crippen LogP contribution in [0, 0.1) is 6.92 Å². The number of carbonyl (C=O) groups excluding carboxylic acids is 1.